The minimum atomic E-state index is 1.11. The van der Waals surface area contributed by atoms with Crippen LogP contribution >= 0.6 is 0 Å². The molecular weight excluding hydrogens is 188 g/mol. The van der Waals surface area contributed by atoms with Crippen LogP contribution in [0.5, 0.6) is 0 Å². The van der Waals surface area contributed by atoms with Gasteiger partial charge in [0.25, 0.3) is 0 Å². The van der Waals surface area contributed by atoms with Crippen molar-refractivity contribution in [2.24, 2.45) is 7.05 Å². The normalized spacial score (nSPS) is 9.47. The molecule has 0 aromatic carbocycles. The van der Waals surface area contributed by atoms with Gasteiger partial charge in [-0.15, -0.1) is 0 Å². The molecule has 0 radical (unpaired) electrons. The number of imidazole rings is 2. The molecule has 0 unspecified atom stereocenters. The maximum Gasteiger partial charge on any atom is 0.0945 e. The van der Waals surface area contributed by atoms with Crippen molar-refractivity contribution in [2.45, 2.75) is 26.3 Å². The average molecular weight is 206 g/mol. The molecule has 0 saturated heterocycles. The summed E-state index contributed by atoms with van der Waals surface area (Å²) in [6.45, 7) is 3.30. The Labute approximate surface area is 90.6 Å². The van der Waals surface area contributed by atoms with Crippen molar-refractivity contribution in [1.82, 2.24) is 19.1 Å². The Morgan fingerprint density at radius 3 is 2.20 bits per heavy atom. The molecule has 0 spiro atoms. The summed E-state index contributed by atoms with van der Waals surface area (Å²) >= 11 is 0. The third-order valence-electron chi connectivity index (χ3n) is 1.97. The number of aromatic nitrogens is 4. The van der Waals surface area contributed by atoms with Crippen LogP contribution in [-0.2, 0) is 13.6 Å². The van der Waals surface area contributed by atoms with E-state index in [4.69, 9.17) is 0 Å². The van der Waals surface area contributed by atoms with Gasteiger partial charge < -0.3 is 9.13 Å². The molecule has 0 aliphatic heterocycles. The number of hydrogen-bond acceptors (Lipinski definition) is 2. The van der Waals surface area contributed by atoms with Crippen LogP contribution in [0, 0.1) is 0 Å². The Morgan fingerprint density at radius 2 is 1.80 bits per heavy atom. The van der Waals surface area contributed by atoms with E-state index >= 15 is 0 Å². The fourth-order valence-electron chi connectivity index (χ4n) is 1.09. The summed E-state index contributed by atoms with van der Waals surface area (Å²) in [6, 6.07) is 0. The van der Waals surface area contributed by atoms with Gasteiger partial charge in [0.15, 0.2) is 0 Å². The molecule has 4 heteroatoms. The minimum absolute atomic E-state index is 1.11. The van der Waals surface area contributed by atoms with Crippen molar-refractivity contribution < 1.29 is 0 Å². The summed E-state index contributed by atoms with van der Waals surface area (Å²) in [5, 5.41) is 0. The van der Waals surface area contributed by atoms with Gasteiger partial charge >= 0.3 is 0 Å². The van der Waals surface area contributed by atoms with Gasteiger partial charge in [-0.3, -0.25) is 0 Å². The van der Waals surface area contributed by atoms with E-state index < -0.39 is 0 Å². The fourth-order valence-corrected chi connectivity index (χ4v) is 1.09. The highest BCUT2D eigenvalue weighted by molar-refractivity contribution is 4.73. The first-order chi connectivity index (χ1) is 7.33. The SMILES string of the molecule is CCCCn1ccnc1.Cn1ccnc1. The number of rotatable bonds is 3. The molecule has 82 valence electrons. The zero-order valence-electron chi connectivity index (χ0n) is 9.37. The van der Waals surface area contributed by atoms with Crippen molar-refractivity contribution in [3.63, 3.8) is 0 Å². The quantitative estimate of drug-likeness (QED) is 0.771. The summed E-state index contributed by atoms with van der Waals surface area (Å²) < 4.78 is 3.99. The second-order valence-corrected chi connectivity index (χ2v) is 3.38. The highest BCUT2D eigenvalue weighted by Gasteiger charge is 1.85. The van der Waals surface area contributed by atoms with Crippen LogP contribution < -0.4 is 0 Å². The molecule has 0 bridgehead atoms. The van der Waals surface area contributed by atoms with Gasteiger partial charge in [-0.05, 0) is 6.42 Å². The minimum Gasteiger partial charge on any atom is -0.341 e. The maximum absolute atomic E-state index is 3.94. The highest BCUT2D eigenvalue weighted by Crippen LogP contribution is 1.92. The predicted molar refractivity (Wildman–Crippen MR) is 60.3 cm³/mol. The first-order valence-electron chi connectivity index (χ1n) is 5.20. The van der Waals surface area contributed by atoms with Gasteiger partial charge in [0, 0.05) is 38.4 Å². The van der Waals surface area contributed by atoms with Gasteiger partial charge in [-0.25, -0.2) is 9.97 Å². The summed E-state index contributed by atoms with van der Waals surface area (Å²) in [5.41, 5.74) is 0. The monoisotopic (exact) mass is 206 g/mol. The lowest BCUT2D eigenvalue weighted by atomic mass is 10.3. The average Bonchev–Trinajstić information content (AvgIpc) is 2.88. The molecule has 2 aromatic rings. The first kappa shape index (κ1) is 11.5. The smallest absolute Gasteiger partial charge is 0.0945 e. The maximum atomic E-state index is 3.94. The molecule has 2 rings (SSSR count). The van der Waals surface area contributed by atoms with Crippen LogP contribution in [0.3, 0.4) is 0 Å². The topological polar surface area (TPSA) is 35.6 Å². The third-order valence-corrected chi connectivity index (χ3v) is 1.97. The van der Waals surface area contributed by atoms with Gasteiger partial charge in [0.1, 0.15) is 0 Å². The van der Waals surface area contributed by atoms with Crippen LogP contribution in [0.2, 0.25) is 0 Å². The van der Waals surface area contributed by atoms with E-state index in [-0.39, 0.29) is 0 Å². The summed E-state index contributed by atoms with van der Waals surface area (Å²) in [7, 11) is 1.94. The fraction of sp³-hybridized carbons (Fsp3) is 0.455. The predicted octanol–water partition coefficient (Wildman–Crippen LogP) is 2.10. The second-order valence-electron chi connectivity index (χ2n) is 3.38. The zero-order chi connectivity index (χ0) is 10.9. The van der Waals surface area contributed by atoms with Crippen molar-refractivity contribution in [2.75, 3.05) is 0 Å². The van der Waals surface area contributed by atoms with Crippen molar-refractivity contribution >= 4 is 0 Å². The molecule has 0 fully saturated rings. The standard InChI is InChI=1S/C7H12N2.C4H6N2/c1-2-3-5-9-6-4-8-7-9;1-6-3-2-5-4-6/h4,6-7H,2-3,5H2,1H3;2-4H,1H3. The molecule has 2 aromatic heterocycles. The van der Waals surface area contributed by atoms with E-state index in [1.165, 1.54) is 12.8 Å². The summed E-state index contributed by atoms with van der Waals surface area (Å²) in [5.74, 6) is 0. The van der Waals surface area contributed by atoms with E-state index in [0.29, 0.717) is 0 Å². The highest BCUT2D eigenvalue weighted by atomic mass is 15.0. The van der Waals surface area contributed by atoms with Crippen LogP contribution in [0.4, 0.5) is 0 Å². The van der Waals surface area contributed by atoms with Gasteiger partial charge in [-0.1, -0.05) is 13.3 Å². The van der Waals surface area contributed by atoms with Crippen molar-refractivity contribution in [3.05, 3.63) is 37.4 Å². The molecule has 2 heterocycles. The Balaban J connectivity index is 0.000000162. The lowest BCUT2D eigenvalue weighted by Crippen LogP contribution is -1.92. The molecule has 15 heavy (non-hydrogen) atoms. The van der Waals surface area contributed by atoms with E-state index in [1.54, 1.807) is 12.5 Å². The lowest BCUT2D eigenvalue weighted by molar-refractivity contribution is 0.631. The Kier molecular flexibility index (Phi) is 5.22. The molecule has 0 atom stereocenters. The van der Waals surface area contributed by atoms with Crippen LogP contribution in [0.1, 0.15) is 19.8 Å². The van der Waals surface area contributed by atoms with Crippen LogP contribution in [-0.4, -0.2) is 19.1 Å². The Hall–Kier alpha value is -1.58. The molecule has 0 saturated carbocycles. The van der Waals surface area contributed by atoms with E-state index in [2.05, 4.69) is 21.5 Å². The third kappa shape index (κ3) is 5.00. The van der Waals surface area contributed by atoms with E-state index in [1.807, 2.05) is 36.5 Å². The molecule has 0 aliphatic rings. The van der Waals surface area contributed by atoms with Crippen molar-refractivity contribution in [1.29, 1.82) is 0 Å². The van der Waals surface area contributed by atoms with Gasteiger partial charge in [0.05, 0.1) is 12.7 Å². The first-order valence-corrected chi connectivity index (χ1v) is 5.20. The summed E-state index contributed by atoms with van der Waals surface area (Å²) in [4.78, 5) is 7.72. The number of hydrogen-bond donors (Lipinski definition) is 0. The van der Waals surface area contributed by atoms with Gasteiger partial charge in [-0.2, -0.15) is 0 Å². The van der Waals surface area contributed by atoms with Crippen LogP contribution in [0.15, 0.2) is 37.4 Å². The second kappa shape index (κ2) is 6.81. The molecular formula is C11H18N4. The van der Waals surface area contributed by atoms with Crippen molar-refractivity contribution in [3.8, 4) is 0 Å². The molecule has 0 aliphatic carbocycles. The summed E-state index contributed by atoms with van der Waals surface area (Å²) in [6.07, 6.45) is 13.6. The Bertz CT molecular complexity index is 323. The van der Waals surface area contributed by atoms with E-state index in [0.717, 1.165) is 6.54 Å². The van der Waals surface area contributed by atoms with Gasteiger partial charge in [0.2, 0.25) is 0 Å². The molecule has 4 nitrogen and oxygen atoms in total. The largest absolute Gasteiger partial charge is 0.341 e. The number of nitrogens with zero attached hydrogens (tertiary/aromatic N) is 4. The Morgan fingerprint density at radius 1 is 1.07 bits per heavy atom. The molecule has 0 N–H and O–H groups in total. The lowest BCUT2D eigenvalue weighted by Gasteiger charge is -1.96. The molecule has 0 amide bonds. The zero-order valence-corrected chi connectivity index (χ0v) is 9.37. The van der Waals surface area contributed by atoms with Crippen LogP contribution in [0.25, 0.3) is 0 Å². The van der Waals surface area contributed by atoms with E-state index in [9.17, 15) is 0 Å². The number of aryl methyl sites for hydroxylation is 2. The number of unbranched alkanes of at least 4 members (excludes halogenated alkanes) is 1.